The van der Waals surface area contributed by atoms with Crippen molar-refractivity contribution in [2.45, 2.75) is 38.5 Å². The topological polar surface area (TPSA) is 63.2 Å². The molecule has 1 amide bonds. The molecule has 1 atom stereocenters. The van der Waals surface area contributed by atoms with Crippen molar-refractivity contribution in [3.8, 4) is 0 Å². The van der Waals surface area contributed by atoms with E-state index >= 15 is 0 Å². The van der Waals surface area contributed by atoms with Gasteiger partial charge in [-0.2, -0.15) is 0 Å². The molecule has 0 aliphatic rings. The normalized spacial score (nSPS) is 12.6. The van der Waals surface area contributed by atoms with Crippen LogP contribution in [0.25, 0.3) is 0 Å². The van der Waals surface area contributed by atoms with Crippen molar-refractivity contribution < 1.29 is 14.4 Å². The third-order valence-corrected chi connectivity index (χ3v) is 5.92. The van der Waals surface area contributed by atoms with Gasteiger partial charge in [0, 0.05) is 17.2 Å². The zero-order valence-electron chi connectivity index (χ0n) is 12.5. The van der Waals surface area contributed by atoms with Gasteiger partial charge in [-0.3, -0.25) is 14.4 Å². The first-order valence-corrected chi connectivity index (χ1v) is 8.61. The summed E-state index contributed by atoms with van der Waals surface area (Å²) in [5.41, 5.74) is 0.615. The summed E-state index contributed by atoms with van der Waals surface area (Å²) >= 11 is 0. The van der Waals surface area contributed by atoms with Crippen molar-refractivity contribution in [3.05, 3.63) is 35.9 Å². The molecular weight excluding hydrogens is 306 g/mol. The summed E-state index contributed by atoms with van der Waals surface area (Å²) in [5.74, 6) is -0.390. The summed E-state index contributed by atoms with van der Waals surface area (Å²) in [5, 5.41) is 2.58. The molecule has 1 unspecified atom stereocenters. The summed E-state index contributed by atoms with van der Waals surface area (Å²) < 4.78 is -0.591. The van der Waals surface area contributed by atoms with E-state index in [2.05, 4.69) is 5.32 Å². The molecule has 0 aliphatic carbocycles. The first kappa shape index (κ1) is 17.8. The maximum atomic E-state index is 12.1. The quantitative estimate of drug-likeness (QED) is 0.814. The molecule has 1 aromatic carbocycles. The van der Waals surface area contributed by atoms with Gasteiger partial charge in [-0.1, -0.05) is 41.1 Å². The van der Waals surface area contributed by atoms with Crippen molar-refractivity contribution in [2.24, 2.45) is 0 Å². The molecule has 0 heterocycles. The van der Waals surface area contributed by atoms with E-state index in [1.54, 1.807) is 24.3 Å². The predicted octanol–water partition coefficient (Wildman–Crippen LogP) is 3.08. The van der Waals surface area contributed by atoms with Gasteiger partial charge < -0.3 is 5.32 Å². The number of carbonyl (C=O) groups is 3. The lowest BCUT2D eigenvalue weighted by atomic mass is 10.00. The van der Waals surface area contributed by atoms with Crippen LogP contribution in [0.4, 0.5) is 0 Å². The van der Waals surface area contributed by atoms with Crippen LogP contribution < -0.4 is 5.32 Å². The van der Waals surface area contributed by atoms with Crippen molar-refractivity contribution in [1.29, 1.82) is 0 Å². The largest absolute Gasteiger partial charge is 0.345 e. The second kappa shape index (κ2) is 7.66. The van der Waals surface area contributed by atoms with E-state index in [9.17, 15) is 14.4 Å². The van der Waals surface area contributed by atoms with Crippen LogP contribution in [0.2, 0.25) is 0 Å². The van der Waals surface area contributed by atoms with Gasteiger partial charge in [0.1, 0.15) is 6.04 Å². The first-order valence-electron chi connectivity index (χ1n) is 6.46. The van der Waals surface area contributed by atoms with Crippen LogP contribution in [-0.4, -0.2) is 27.6 Å². The van der Waals surface area contributed by atoms with Crippen LogP contribution in [0, 0.1) is 0 Å². The Bertz CT molecular complexity index is 529. The Hall–Kier alpha value is -1.27. The highest BCUT2D eigenvalue weighted by atomic mass is 33.1. The molecule has 0 radical (unpaired) electrons. The molecule has 1 aromatic rings. The van der Waals surface area contributed by atoms with E-state index in [0.29, 0.717) is 5.56 Å². The number of Topliss-reactive ketones (excluding diaryl/α,β-unsaturated/α-hetero) is 1. The molecule has 4 nitrogen and oxygen atoms in total. The van der Waals surface area contributed by atoms with Crippen LogP contribution in [0.5, 0.6) is 0 Å². The molecule has 21 heavy (non-hydrogen) atoms. The van der Waals surface area contributed by atoms with Gasteiger partial charge in [0.15, 0.2) is 5.78 Å². The Labute approximate surface area is 132 Å². The molecular formula is C15H19NO3S2. The van der Waals surface area contributed by atoms with Crippen LogP contribution in [-0.2, 0) is 9.59 Å². The second-order valence-electron chi connectivity index (χ2n) is 5.17. The van der Waals surface area contributed by atoms with Gasteiger partial charge >= 0.3 is 0 Å². The van der Waals surface area contributed by atoms with Gasteiger partial charge in [0.2, 0.25) is 11.0 Å². The summed E-state index contributed by atoms with van der Waals surface area (Å²) in [4.78, 5) is 35.0. The fourth-order valence-corrected chi connectivity index (χ4v) is 4.08. The Morgan fingerprint density at radius 2 is 1.67 bits per heavy atom. The second-order valence-corrected chi connectivity index (χ2v) is 7.92. The average Bonchev–Trinajstić information content (AvgIpc) is 2.42. The van der Waals surface area contributed by atoms with Crippen LogP contribution in [0.3, 0.4) is 0 Å². The highest BCUT2D eigenvalue weighted by Gasteiger charge is 2.35. The molecule has 0 bridgehead atoms. The van der Waals surface area contributed by atoms with Gasteiger partial charge in [0.05, 0.1) is 0 Å². The van der Waals surface area contributed by atoms with E-state index in [4.69, 9.17) is 0 Å². The number of benzene rings is 1. The summed E-state index contributed by atoms with van der Waals surface area (Å²) in [6.07, 6.45) is 0. The lowest BCUT2D eigenvalue weighted by molar-refractivity contribution is -0.126. The number of rotatable bonds is 6. The summed E-state index contributed by atoms with van der Waals surface area (Å²) in [6, 6.07) is 8.33. The molecule has 0 spiro atoms. The number of nitrogens with one attached hydrogen (secondary N) is 1. The van der Waals surface area contributed by atoms with E-state index in [1.165, 1.54) is 24.6 Å². The smallest absolute Gasteiger partial charge is 0.229 e. The Morgan fingerprint density at radius 1 is 1.10 bits per heavy atom. The van der Waals surface area contributed by atoms with Crippen LogP contribution in [0.1, 0.15) is 38.1 Å². The van der Waals surface area contributed by atoms with Gasteiger partial charge in [-0.15, -0.1) is 0 Å². The summed E-state index contributed by atoms with van der Waals surface area (Å²) in [6.45, 7) is 6.49. The number of hydrogen-bond donors (Lipinski definition) is 1. The van der Waals surface area contributed by atoms with Crippen LogP contribution >= 0.6 is 21.6 Å². The van der Waals surface area contributed by atoms with Gasteiger partial charge in [-0.05, 0) is 31.6 Å². The SMILES string of the molecule is CC(=O)NC(C(C)=O)C(C)(C)SSC(=O)c1ccccc1. The van der Waals surface area contributed by atoms with E-state index in [0.717, 1.165) is 10.8 Å². The number of hydrogen-bond acceptors (Lipinski definition) is 5. The zero-order chi connectivity index (χ0) is 16.0. The fraction of sp³-hybridized carbons (Fsp3) is 0.400. The maximum Gasteiger partial charge on any atom is 0.229 e. The highest BCUT2D eigenvalue weighted by Crippen LogP contribution is 2.40. The first-order chi connectivity index (χ1) is 9.74. The number of amides is 1. The minimum Gasteiger partial charge on any atom is -0.345 e. The van der Waals surface area contributed by atoms with E-state index in [1.807, 2.05) is 19.9 Å². The molecule has 0 fully saturated rings. The van der Waals surface area contributed by atoms with Crippen molar-refractivity contribution >= 4 is 38.4 Å². The predicted molar refractivity (Wildman–Crippen MR) is 88.3 cm³/mol. The Morgan fingerprint density at radius 3 is 2.14 bits per heavy atom. The third-order valence-electron chi connectivity index (χ3n) is 2.79. The van der Waals surface area contributed by atoms with Crippen molar-refractivity contribution in [1.82, 2.24) is 5.32 Å². The van der Waals surface area contributed by atoms with Gasteiger partial charge in [0.25, 0.3) is 0 Å². The molecule has 1 N–H and O–H groups in total. The lowest BCUT2D eigenvalue weighted by Crippen LogP contribution is -2.50. The Kier molecular flexibility index (Phi) is 6.48. The Balaban J connectivity index is 2.72. The molecule has 0 saturated heterocycles. The standard InChI is InChI=1S/C15H19NO3S2/c1-10(17)13(16-11(2)18)15(3,4)21-20-14(19)12-8-6-5-7-9-12/h5-9,13H,1-4H3,(H,16,18). The molecule has 0 saturated carbocycles. The molecule has 114 valence electrons. The molecule has 1 rings (SSSR count). The minimum atomic E-state index is -0.629. The monoisotopic (exact) mass is 325 g/mol. The van der Waals surface area contributed by atoms with Crippen molar-refractivity contribution in [3.63, 3.8) is 0 Å². The van der Waals surface area contributed by atoms with E-state index < -0.39 is 10.8 Å². The van der Waals surface area contributed by atoms with Gasteiger partial charge in [-0.25, -0.2) is 0 Å². The maximum absolute atomic E-state index is 12.1. The minimum absolute atomic E-state index is 0.0706. The number of ketones is 1. The van der Waals surface area contributed by atoms with Crippen molar-refractivity contribution in [2.75, 3.05) is 0 Å². The number of carbonyl (C=O) groups excluding carboxylic acids is 3. The van der Waals surface area contributed by atoms with E-state index in [-0.39, 0.29) is 16.8 Å². The third kappa shape index (κ3) is 5.55. The average molecular weight is 325 g/mol. The summed E-state index contributed by atoms with van der Waals surface area (Å²) in [7, 11) is 2.38. The molecule has 0 aliphatic heterocycles. The molecule has 6 heteroatoms. The highest BCUT2D eigenvalue weighted by molar-refractivity contribution is 8.82. The fourth-order valence-electron chi connectivity index (χ4n) is 1.78. The zero-order valence-corrected chi connectivity index (χ0v) is 14.1. The lowest BCUT2D eigenvalue weighted by Gasteiger charge is -2.31. The van der Waals surface area contributed by atoms with Crippen LogP contribution in [0.15, 0.2) is 30.3 Å². The molecule has 0 aromatic heterocycles.